The minimum absolute atomic E-state index is 0.0977. The van der Waals surface area contributed by atoms with Gasteiger partial charge < -0.3 is 5.84 Å². The van der Waals surface area contributed by atoms with Gasteiger partial charge in [-0.15, -0.1) is 10.2 Å². The predicted octanol–water partition coefficient (Wildman–Crippen LogP) is 3.71. The van der Waals surface area contributed by atoms with Crippen molar-refractivity contribution in [1.29, 1.82) is 0 Å². The number of thioether (sulfide) groups is 1. The van der Waals surface area contributed by atoms with Crippen molar-refractivity contribution in [2.75, 3.05) is 5.84 Å². The van der Waals surface area contributed by atoms with Crippen LogP contribution < -0.4 is 5.84 Å². The lowest BCUT2D eigenvalue weighted by Crippen LogP contribution is -2.24. The number of hydrogen-bond donors (Lipinski definition) is 1. The van der Waals surface area contributed by atoms with Crippen LogP contribution in [0, 0.1) is 0 Å². The van der Waals surface area contributed by atoms with Crippen LogP contribution in [0.5, 0.6) is 0 Å². The molecular weight excluding hydrogens is 280 g/mol. The van der Waals surface area contributed by atoms with Gasteiger partial charge in [0, 0.05) is 11.2 Å². The second kappa shape index (κ2) is 6.10. The monoisotopic (exact) mass is 304 g/mol. The number of nitrogens with two attached hydrogens (primary N) is 1. The molecule has 0 saturated carbocycles. The molecule has 2 aromatic rings. The Morgan fingerprint density at radius 1 is 1.14 bits per heavy atom. The Hall–Kier alpha value is -1.49. The number of rotatable bonds is 4. The van der Waals surface area contributed by atoms with E-state index in [-0.39, 0.29) is 5.41 Å². The molecule has 0 saturated heterocycles. The molecule has 2 N–H and O–H groups in total. The number of aromatic nitrogens is 3. The summed E-state index contributed by atoms with van der Waals surface area (Å²) in [6, 6.07) is 8.72. The highest BCUT2D eigenvalue weighted by Crippen LogP contribution is 2.26. The Balaban J connectivity index is 2.05. The Morgan fingerprint density at radius 3 is 2.24 bits per heavy atom. The molecule has 21 heavy (non-hydrogen) atoms. The molecule has 0 spiro atoms. The van der Waals surface area contributed by atoms with Crippen molar-refractivity contribution in [1.82, 2.24) is 14.9 Å². The lowest BCUT2D eigenvalue weighted by molar-refractivity contribution is 0.523. The smallest absolute Gasteiger partial charge is 0.210 e. The first kappa shape index (κ1) is 15.9. The van der Waals surface area contributed by atoms with Crippen LogP contribution in [-0.4, -0.2) is 14.9 Å². The summed E-state index contributed by atoms with van der Waals surface area (Å²) in [5.41, 5.74) is 2.53. The van der Waals surface area contributed by atoms with Crippen molar-refractivity contribution >= 4 is 11.8 Å². The first-order valence-electron chi connectivity index (χ1n) is 7.21. The average Bonchev–Trinajstić information content (AvgIpc) is 2.78. The van der Waals surface area contributed by atoms with Crippen LogP contribution in [0.4, 0.5) is 0 Å². The largest absolute Gasteiger partial charge is 0.336 e. The first-order chi connectivity index (χ1) is 9.79. The summed E-state index contributed by atoms with van der Waals surface area (Å²) >= 11 is 1.62. The van der Waals surface area contributed by atoms with E-state index >= 15 is 0 Å². The fourth-order valence-corrected chi connectivity index (χ4v) is 2.85. The summed E-state index contributed by atoms with van der Waals surface area (Å²) in [7, 11) is 0. The molecule has 0 amide bonds. The number of nitrogens with zero attached hydrogens (tertiary/aromatic N) is 3. The molecule has 114 valence electrons. The summed E-state index contributed by atoms with van der Waals surface area (Å²) in [5, 5.41) is 9.15. The summed E-state index contributed by atoms with van der Waals surface area (Å²) < 4.78 is 1.60. The fourth-order valence-electron chi connectivity index (χ4n) is 2.03. The standard InChI is InChI=1S/C16H24N4S/c1-11(2)13-8-6-12(7-9-13)10-21-15-19-18-14(20(15)17)16(3,4)5/h6-9,11H,10,17H2,1-5H3. The minimum atomic E-state index is -0.0977. The van der Waals surface area contributed by atoms with E-state index in [9.17, 15) is 0 Å². The van der Waals surface area contributed by atoms with Crippen LogP contribution >= 0.6 is 11.8 Å². The fraction of sp³-hybridized carbons (Fsp3) is 0.500. The van der Waals surface area contributed by atoms with Crippen molar-refractivity contribution < 1.29 is 0 Å². The van der Waals surface area contributed by atoms with E-state index in [1.807, 2.05) is 0 Å². The molecule has 0 aliphatic heterocycles. The van der Waals surface area contributed by atoms with Crippen LogP contribution in [0.1, 0.15) is 57.5 Å². The zero-order valence-corrected chi connectivity index (χ0v) is 14.2. The zero-order valence-electron chi connectivity index (χ0n) is 13.4. The third kappa shape index (κ3) is 3.79. The maximum Gasteiger partial charge on any atom is 0.210 e. The Morgan fingerprint density at radius 2 is 1.76 bits per heavy atom. The van der Waals surface area contributed by atoms with Crippen LogP contribution in [-0.2, 0) is 11.2 Å². The number of benzene rings is 1. The molecule has 0 unspecified atom stereocenters. The highest BCUT2D eigenvalue weighted by atomic mass is 32.2. The molecule has 0 fully saturated rings. The lowest BCUT2D eigenvalue weighted by Gasteiger charge is -2.16. The Bertz CT molecular complexity index is 594. The van der Waals surface area contributed by atoms with E-state index in [0.29, 0.717) is 5.92 Å². The third-order valence-electron chi connectivity index (χ3n) is 3.35. The second-order valence-corrected chi connectivity index (χ2v) is 7.55. The summed E-state index contributed by atoms with van der Waals surface area (Å²) in [4.78, 5) is 0. The van der Waals surface area contributed by atoms with Gasteiger partial charge in [0.1, 0.15) is 0 Å². The summed E-state index contributed by atoms with van der Waals surface area (Å²) in [5.74, 6) is 8.30. The molecule has 0 bridgehead atoms. The van der Waals surface area contributed by atoms with Crippen LogP contribution in [0.25, 0.3) is 0 Å². The molecule has 1 aromatic carbocycles. The van der Waals surface area contributed by atoms with Gasteiger partial charge in [0.2, 0.25) is 5.16 Å². The maximum atomic E-state index is 6.09. The van der Waals surface area contributed by atoms with Gasteiger partial charge in [0.25, 0.3) is 0 Å². The van der Waals surface area contributed by atoms with Crippen molar-refractivity contribution in [3.8, 4) is 0 Å². The SMILES string of the molecule is CC(C)c1ccc(CSc2nnc(C(C)(C)C)n2N)cc1. The minimum Gasteiger partial charge on any atom is -0.336 e. The van der Waals surface area contributed by atoms with Crippen molar-refractivity contribution in [3.63, 3.8) is 0 Å². The van der Waals surface area contributed by atoms with E-state index in [0.717, 1.165) is 16.7 Å². The molecule has 0 atom stereocenters. The van der Waals surface area contributed by atoms with Crippen molar-refractivity contribution in [2.24, 2.45) is 0 Å². The van der Waals surface area contributed by atoms with Gasteiger partial charge in [-0.25, -0.2) is 4.68 Å². The van der Waals surface area contributed by atoms with Crippen LogP contribution in [0.3, 0.4) is 0 Å². The van der Waals surface area contributed by atoms with E-state index in [1.54, 1.807) is 16.4 Å². The Labute approximate surface area is 131 Å². The van der Waals surface area contributed by atoms with Crippen LogP contribution in [0.15, 0.2) is 29.4 Å². The van der Waals surface area contributed by atoms with Gasteiger partial charge in [-0.1, -0.05) is 70.6 Å². The molecule has 2 rings (SSSR count). The quantitative estimate of drug-likeness (QED) is 0.691. The van der Waals surface area contributed by atoms with Gasteiger partial charge in [-0.3, -0.25) is 0 Å². The maximum absolute atomic E-state index is 6.09. The van der Waals surface area contributed by atoms with Gasteiger partial charge in [-0.05, 0) is 17.0 Å². The third-order valence-corrected chi connectivity index (χ3v) is 4.36. The first-order valence-corrected chi connectivity index (χ1v) is 8.20. The van der Waals surface area contributed by atoms with E-state index in [4.69, 9.17) is 5.84 Å². The van der Waals surface area contributed by atoms with Gasteiger partial charge in [0.15, 0.2) is 5.82 Å². The lowest BCUT2D eigenvalue weighted by atomic mass is 9.96. The summed E-state index contributed by atoms with van der Waals surface area (Å²) in [6.45, 7) is 10.7. The molecule has 0 radical (unpaired) electrons. The molecule has 5 heteroatoms. The zero-order chi connectivity index (χ0) is 15.6. The van der Waals surface area contributed by atoms with E-state index in [2.05, 4.69) is 69.1 Å². The normalized spacial score (nSPS) is 12.1. The Kier molecular flexibility index (Phi) is 4.61. The molecular formula is C16H24N4S. The highest BCUT2D eigenvalue weighted by Gasteiger charge is 2.22. The van der Waals surface area contributed by atoms with E-state index < -0.39 is 0 Å². The average molecular weight is 304 g/mol. The highest BCUT2D eigenvalue weighted by molar-refractivity contribution is 7.98. The van der Waals surface area contributed by atoms with Crippen molar-refractivity contribution in [2.45, 2.75) is 56.9 Å². The van der Waals surface area contributed by atoms with Gasteiger partial charge >= 0.3 is 0 Å². The topological polar surface area (TPSA) is 56.7 Å². The molecule has 0 aliphatic rings. The van der Waals surface area contributed by atoms with Gasteiger partial charge in [-0.2, -0.15) is 0 Å². The molecule has 1 heterocycles. The van der Waals surface area contributed by atoms with Gasteiger partial charge in [0.05, 0.1) is 0 Å². The van der Waals surface area contributed by atoms with E-state index in [1.165, 1.54) is 11.1 Å². The number of nitrogen functional groups attached to an aromatic ring is 1. The van der Waals surface area contributed by atoms with Crippen molar-refractivity contribution in [3.05, 3.63) is 41.2 Å². The number of hydrogen-bond acceptors (Lipinski definition) is 4. The molecule has 4 nitrogen and oxygen atoms in total. The summed E-state index contributed by atoms with van der Waals surface area (Å²) in [6.07, 6.45) is 0. The predicted molar refractivity (Wildman–Crippen MR) is 89.0 cm³/mol. The molecule has 0 aliphatic carbocycles. The second-order valence-electron chi connectivity index (χ2n) is 6.61. The van der Waals surface area contributed by atoms with Crippen LogP contribution in [0.2, 0.25) is 0 Å². The molecule has 1 aromatic heterocycles.